The summed E-state index contributed by atoms with van der Waals surface area (Å²) in [7, 11) is 0. The molecule has 0 aliphatic rings. The summed E-state index contributed by atoms with van der Waals surface area (Å²) in [6.07, 6.45) is 0. The van der Waals surface area contributed by atoms with Gasteiger partial charge in [-0.15, -0.1) is 0 Å². The van der Waals surface area contributed by atoms with Gasteiger partial charge in [0.25, 0.3) is 0 Å². The van der Waals surface area contributed by atoms with Crippen LogP contribution < -0.4 is 5.32 Å². The molecule has 122 valence electrons. The number of hydrogen-bond donors (Lipinski definition) is 1. The maximum atomic E-state index is 13.2. The van der Waals surface area contributed by atoms with Gasteiger partial charge in [-0.25, -0.2) is 9.18 Å². The molecule has 0 radical (unpaired) electrons. The molecule has 1 atom stereocenters. The first-order valence-electron chi connectivity index (χ1n) is 7.92. The van der Waals surface area contributed by atoms with Crippen LogP contribution in [0.4, 0.5) is 9.18 Å². The van der Waals surface area contributed by atoms with Crippen molar-refractivity contribution >= 4 is 6.03 Å². The molecule has 2 aromatic carbocycles. The van der Waals surface area contributed by atoms with Gasteiger partial charge in [0.2, 0.25) is 0 Å². The molecule has 2 rings (SSSR count). The van der Waals surface area contributed by atoms with Gasteiger partial charge in [0.15, 0.2) is 0 Å². The van der Waals surface area contributed by atoms with Gasteiger partial charge in [0.05, 0.1) is 0 Å². The molecular formula is C19H23FN2O. The van der Waals surface area contributed by atoms with Crippen LogP contribution in [0.3, 0.4) is 0 Å². The Morgan fingerprint density at radius 3 is 2.57 bits per heavy atom. The average molecular weight is 314 g/mol. The Kier molecular flexibility index (Phi) is 6.15. The standard InChI is InChI=1S/C19H23FN2O/c1-3-22(14-16-8-7-11-18(20)12-16)19(23)21-13-15(2)17-9-5-4-6-10-17/h4-12,15H,3,13-14H2,1-2H3,(H,21,23). The smallest absolute Gasteiger partial charge is 0.317 e. The largest absolute Gasteiger partial charge is 0.337 e. The summed E-state index contributed by atoms with van der Waals surface area (Å²) in [6, 6.07) is 16.3. The van der Waals surface area contributed by atoms with Crippen molar-refractivity contribution in [3.8, 4) is 0 Å². The van der Waals surface area contributed by atoms with E-state index in [9.17, 15) is 9.18 Å². The lowest BCUT2D eigenvalue weighted by molar-refractivity contribution is 0.197. The van der Waals surface area contributed by atoms with E-state index in [-0.39, 0.29) is 17.8 Å². The molecule has 0 bridgehead atoms. The second-order valence-electron chi connectivity index (χ2n) is 5.64. The first kappa shape index (κ1) is 17.0. The van der Waals surface area contributed by atoms with E-state index in [1.54, 1.807) is 11.0 Å². The zero-order chi connectivity index (χ0) is 16.7. The van der Waals surface area contributed by atoms with Crippen LogP contribution in [0.25, 0.3) is 0 Å². The molecule has 3 nitrogen and oxygen atoms in total. The Morgan fingerprint density at radius 2 is 1.91 bits per heavy atom. The van der Waals surface area contributed by atoms with Gasteiger partial charge < -0.3 is 10.2 Å². The second kappa shape index (κ2) is 8.32. The van der Waals surface area contributed by atoms with Crippen molar-refractivity contribution in [1.29, 1.82) is 0 Å². The predicted octanol–water partition coefficient (Wildman–Crippen LogP) is 4.16. The first-order valence-corrected chi connectivity index (χ1v) is 7.92. The number of halogens is 1. The fourth-order valence-electron chi connectivity index (χ4n) is 2.43. The molecule has 1 unspecified atom stereocenters. The van der Waals surface area contributed by atoms with Crippen LogP contribution in [0.15, 0.2) is 54.6 Å². The third-order valence-corrected chi connectivity index (χ3v) is 3.86. The van der Waals surface area contributed by atoms with Gasteiger partial charge in [-0.3, -0.25) is 0 Å². The SMILES string of the molecule is CCN(Cc1cccc(F)c1)C(=O)NCC(C)c1ccccc1. The second-order valence-corrected chi connectivity index (χ2v) is 5.64. The van der Waals surface area contributed by atoms with Crippen molar-refractivity contribution in [3.63, 3.8) is 0 Å². The normalized spacial score (nSPS) is 11.8. The summed E-state index contributed by atoms with van der Waals surface area (Å²) in [4.78, 5) is 14.0. The maximum Gasteiger partial charge on any atom is 0.317 e. The Labute approximate surface area is 137 Å². The monoisotopic (exact) mass is 314 g/mol. The van der Waals surface area contributed by atoms with Crippen LogP contribution in [0.1, 0.15) is 30.9 Å². The van der Waals surface area contributed by atoms with Gasteiger partial charge >= 0.3 is 6.03 Å². The van der Waals surface area contributed by atoms with E-state index in [1.165, 1.54) is 17.7 Å². The molecule has 0 spiro atoms. The molecule has 0 aliphatic carbocycles. The molecule has 0 saturated heterocycles. The number of carbonyl (C=O) groups excluding carboxylic acids is 1. The van der Waals surface area contributed by atoms with Crippen LogP contribution in [-0.2, 0) is 6.54 Å². The van der Waals surface area contributed by atoms with Gasteiger partial charge in [0.1, 0.15) is 5.82 Å². The predicted molar refractivity (Wildman–Crippen MR) is 90.7 cm³/mol. The number of benzene rings is 2. The molecule has 2 aromatic rings. The summed E-state index contributed by atoms with van der Waals surface area (Å²) in [5.74, 6) is -0.0373. The van der Waals surface area contributed by atoms with Crippen molar-refractivity contribution < 1.29 is 9.18 Å². The minimum Gasteiger partial charge on any atom is -0.337 e. The number of nitrogens with one attached hydrogen (secondary N) is 1. The minimum atomic E-state index is -0.281. The van der Waals surface area contributed by atoms with Crippen molar-refractivity contribution in [1.82, 2.24) is 10.2 Å². The van der Waals surface area contributed by atoms with Gasteiger partial charge in [-0.05, 0) is 36.1 Å². The minimum absolute atomic E-state index is 0.125. The Hall–Kier alpha value is -2.36. The summed E-state index contributed by atoms with van der Waals surface area (Å²) in [6.45, 7) is 5.54. The molecule has 23 heavy (non-hydrogen) atoms. The lowest BCUT2D eigenvalue weighted by atomic mass is 10.0. The Morgan fingerprint density at radius 1 is 1.17 bits per heavy atom. The van der Waals surface area contributed by atoms with E-state index in [1.807, 2.05) is 31.2 Å². The number of amides is 2. The number of carbonyl (C=O) groups is 1. The highest BCUT2D eigenvalue weighted by Crippen LogP contribution is 2.13. The highest BCUT2D eigenvalue weighted by atomic mass is 19.1. The molecule has 0 aromatic heterocycles. The number of rotatable bonds is 6. The molecular weight excluding hydrogens is 291 g/mol. The van der Waals surface area contributed by atoms with Gasteiger partial charge in [-0.2, -0.15) is 0 Å². The van der Waals surface area contributed by atoms with E-state index < -0.39 is 0 Å². The highest BCUT2D eigenvalue weighted by Gasteiger charge is 2.14. The Balaban J connectivity index is 1.90. The van der Waals surface area contributed by atoms with E-state index >= 15 is 0 Å². The molecule has 2 amide bonds. The third-order valence-electron chi connectivity index (χ3n) is 3.86. The zero-order valence-corrected chi connectivity index (χ0v) is 13.6. The van der Waals surface area contributed by atoms with Gasteiger partial charge in [0, 0.05) is 19.6 Å². The van der Waals surface area contributed by atoms with E-state index in [2.05, 4.69) is 24.4 Å². The van der Waals surface area contributed by atoms with Crippen molar-refractivity contribution in [2.24, 2.45) is 0 Å². The fraction of sp³-hybridized carbons (Fsp3) is 0.316. The number of urea groups is 1. The molecule has 0 fully saturated rings. The van der Waals surface area contributed by atoms with Crippen molar-refractivity contribution in [2.45, 2.75) is 26.3 Å². The van der Waals surface area contributed by atoms with Crippen LogP contribution in [-0.4, -0.2) is 24.0 Å². The summed E-state index contributed by atoms with van der Waals surface area (Å²) in [5.41, 5.74) is 1.99. The topological polar surface area (TPSA) is 32.3 Å². The molecule has 4 heteroatoms. The fourth-order valence-corrected chi connectivity index (χ4v) is 2.43. The molecule has 1 N–H and O–H groups in total. The van der Waals surface area contributed by atoms with Crippen LogP contribution >= 0.6 is 0 Å². The first-order chi connectivity index (χ1) is 11.1. The summed E-state index contributed by atoms with van der Waals surface area (Å²) < 4.78 is 13.2. The lowest BCUT2D eigenvalue weighted by Gasteiger charge is -2.23. The maximum absolute atomic E-state index is 13.2. The molecule has 0 heterocycles. The van der Waals surface area contributed by atoms with E-state index in [4.69, 9.17) is 0 Å². The van der Waals surface area contributed by atoms with Crippen LogP contribution in [0, 0.1) is 5.82 Å². The van der Waals surface area contributed by atoms with E-state index in [0.29, 0.717) is 19.6 Å². The average Bonchev–Trinajstić information content (AvgIpc) is 2.58. The number of nitrogens with zero attached hydrogens (tertiary/aromatic N) is 1. The van der Waals surface area contributed by atoms with E-state index in [0.717, 1.165) is 5.56 Å². The van der Waals surface area contributed by atoms with Crippen molar-refractivity contribution in [3.05, 3.63) is 71.5 Å². The van der Waals surface area contributed by atoms with Gasteiger partial charge in [-0.1, -0.05) is 49.4 Å². The summed E-state index contributed by atoms with van der Waals surface area (Å²) in [5, 5.41) is 2.96. The Bertz CT molecular complexity index is 630. The lowest BCUT2D eigenvalue weighted by Crippen LogP contribution is -2.40. The summed E-state index contributed by atoms with van der Waals surface area (Å²) >= 11 is 0. The highest BCUT2D eigenvalue weighted by molar-refractivity contribution is 5.74. The number of hydrogen-bond acceptors (Lipinski definition) is 1. The van der Waals surface area contributed by atoms with Crippen LogP contribution in [0.5, 0.6) is 0 Å². The zero-order valence-electron chi connectivity index (χ0n) is 13.6. The quantitative estimate of drug-likeness (QED) is 0.853. The van der Waals surface area contributed by atoms with Crippen molar-refractivity contribution in [2.75, 3.05) is 13.1 Å². The van der Waals surface area contributed by atoms with Crippen LogP contribution in [0.2, 0.25) is 0 Å². The molecule has 0 saturated carbocycles. The third kappa shape index (κ3) is 5.09. The molecule has 0 aliphatic heterocycles.